The molecule has 1 N–H and O–H groups in total. The molecule has 1 saturated carbocycles. The summed E-state index contributed by atoms with van der Waals surface area (Å²) in [5.74, 6) is 0. The second-order valence-corrected chi connectivity index (χ2v) is 6.87. The smallest absolute Gasteiger partial charge is 0.383 e. The standard InChI is InChI=1S/C17H28F3N3O/c1-2-3-4-5-6-10-13-23-15(14(21-22-23)17(18,19)20)16(24)11-8-7-9-12-16/h24H,2-13H2,1H3. The van der Waals surface area contributed by atoms with E-state index in [2.05, 4.69) is 17.2 Å². The largest absolute Gasteiger partial charge is 0.437 e. The van der Waals surface area contributed by atoms with Crippen molar-refractivity contribution in [3.05, 3.63) is 11.4 Å². The van der Waals surface area contributed by atoms with Gasteiger partial charge in [-0.15, -0.1) is 5.10 Å². The van der Waals surface area contributed by atoms with Crippen LogP contribution in [0.2, 0.25) is 0 Å². The molecule has 0 aliphatic heterocycles. The molecule has 2 rings (SSSR count). The van der Waals surface area contributed by atoms with E-state index in [4.69, 9.17) is 0 Å². The van der Waals surface area contributed by atoms with E-state index in [1.54, 1.807) is 0 Å². The van der Waals surface area contributed by atoms with Gasteiger partial charge in [-0.25, -0.2) is 4.68 Å². The van der Waals surface area contributed by atoms with E-state index in [0.29, 0.717) is 19.4 Å². The van der Waals surface area contributed by atoms with Gasteiger partial charge >= 0.3 is 6.18 Å². The quantitative estimate of drug-likeness (QED) is 0.687. The first-order valence-corrected chi connectivity index (χ1v) is 9.12. The average molecular weight is 347 g/mol. The van der Waals surface area contributed by atoms with E-state index >= 15 is 0 Å². The summed E-state index contributed by atoms with van der Waals surface area (Å²) in [6.45, 7) is 2.53. The molecule has 0 aromatic carbocycles. The van der Waals surface area contributed by atoms with Crippen LogP contribution in [0.15, 0.2) is 0 Å². The first-order valence-electron chi connectivity index (χ1n) is 9.12. The Morgan fingerprint density at radius 3 is 2.29 bits per heavy atom. The fraction of sp³-hybridized carbons (Fsp3) is 0.882. The Labute approximate surface area is 141 Å². The molecule has 1 fully saturated rings. The van der Waals surface area contributed by atoms with Gasteiger partial charge in [-0.05, 0) is 19.3 Å². The molecule has 138 valence electrons. The van der Waals surface area contributed by atoms with E-state index in [0.717, 1.165) is 51.4 Å². The Morgan fingerprint density at radius 2 is 1.67 bits per heavy atom. The number of nitrogens with zero attached hydrogens (tertiary/aromatic N) is 3. The van der Waals surface area contributed by atoms with E-state index in [1.165, 1.54) is 11.1 Å². The molecule has 24 heavy (non-hydrogen) atoms. The lowest BCUT2D eigenvalue weighted by atomic mass is 9.81. The number of aliphatic hydroxyl groups is 1. The number of aryl methyl sites for hydroxylation is 1. The zero-order valence-electron chi connectivity index (χ0n) is 14.4. The Kier molecular flexibility index (Phi) is 6.66. The second kappa shape index (κ2) is 8.32. The molecule has 0 unspecified atom stereocenters. The number of hydrogen-bond acceptors (Lipinski definition) is 3. The highest BCUT2D eigenvalue weighted by Crippen LogP contribution is 2.42. The van der Waals surface area contributed by atoms with Crippen LogP contribution in [0.25, 0.3) is 0 Å². The molecule has 0 amide bonds. The van der Waals surface area contributed by atoms with Crippen molar-refractivity contribution in [2.45, 2.75) is 95.9 Å². The van der Waals surface area contributed by atoms with Gasteiger partial charge in [-0.2, -0.15) is 13.2 Å². The summed E-state index contributed by atoms with van der Waals surface area (Å²) < 4.78 is 41.2. The summed E-state index contributed by atoms with van der Waals surface area (Å²) in [4.78, 5) is 0. The van der Waals surface area contributed by atoms with Gasteiger partial charge in [0.05, 0.1) is 0 Å². The fourth-order valence-corrected chi connectivity index (χ4v) is 3.54. The van der Waals surface area contributed by atoms with E-state index in [1.807, 2.05) is 0 Å². The molecule has 1 aromatic heterocycles. The Balaban J connectivity index is 2.11. The van der Waals surface area contributed by atoms with Gasteiger partial charge in [0, 0.05) is 6.54 Å². The first-order chi connectivity index (χ1) is 11.4. The summed E-state index contributed by atoms with van der Waals surface area (Å²) >= 11 is 0. The lowest BCUT2D eigenvalue weighted by Gasteiger charge is -2.33. The van der Waals surface area contributed by atoms with Gasteiger partial charge in [-0.3, -0.25) is 0 Å². The Morgan fingerprint density at radius 1 is 1.04 bits per heavy atom. The highest BCUT2D eigenvalue weighted by atomic mass is 19.4. The van der Waals surface area contributed by atoms with E-state index in [-0.39, 0.29) is 5.69 Å². The molecule has 0 spiro atoms. The lowest BCUT2D eigenvalue weighted by Crippen LogP contribution is -2.34. The van der Waals surface area contributed by atoms with Gasteiger partial charge in [0.2, 0.25) is 0 Å². The second-order valence-electron chi connectivity index (χ2n) is 6.87. The first kappa shape index (κ1) is 19.2. The van der Waals surface area contributed by atoms with Crippen LogP contribution < -0.4 is 0 Å². The van der Waals surface area contributed by atoms with Crippen LogP contribution in [0.1, 0.15) is 88.9 Å². The van der Waals surface area contributed by atoms with Gasteiger partial charge < -0.3 is 5.11 Å². The molecule has 1 heterocycles. The molecule has 0 atom stereocenters. The highest BCUT2D eigenvalue weighted by Gasteiger charge is 2.46. The topological polar surface area (TPSA) is 50.9 Å². The maximum absolute atomic E-state index is 13.3. The lowest BCUT2D eigenvalue weighted by molar-refractivity contribution is -0.145. The minimum Gasteiger partial charge on any atom is -0.383 e. The van der Waals surface area contributed by atoms with Crippen molar-refractivity contribution in [3.8, 4) is 0 Å². The van der Waals surface area contributed by atoms with Crippen LogP contribution in [-0.4, -0.2) is 20.1 Å². The monoisotopic (exact) mass is 347 g/mol. The number of unbranched alkanes of at least 4 members (excludes halogenated alkanes) is 5. The zero-order valence-corrected chi connectivity index (χ0v) is 14.4. The van der Waals surface area contributed by atoms with Crippen molar-refractivity contribution in [3.63, 3.8) is 0 Å². The van der Waals surface area contributed by atoms with Crippen LogP contribution in [0.5, 0.6) is 0 Å². The third kappa shape index (κ3) is 4.71. The maximum Gasteiger partial charge on any atom is 0.437 e. The molecule has 0 saturated heterocycles. The van der Waals surface area contributed by atoms with Crippen molar-refractivity contribution in [2.75, 3.05) is 0 Å². The van der Waals surface area contributed by atoms with Crippen LogP contribution in [-0.2, 0) is 18.3 Å². The van der Waals surface area contributed by atoms with Crippen LogP contribution in [0, 0.1) is 0 Å². The van der Waals surface area contributed by atoms with Crippen LogP contribution >= 0.6 is 0 Å². The summed E-state index contributed by atoms with van der Waals surface area (Å²) in [5, 5.41) is 17.9. The van der Waals surface area contributed by atoms with Crippen molar-refractivity contribution < 1.29 is 18.3 Å². The minimum absolute atomic E-state index is 0.122. The molecule has 1 aromatic rings. The SMILES string of the molecule is CCCCCCCCn1nnc(C(F)(F)F)c1C1(O)CCCCC1. The molecular formula is C17H28F3N3O. The Hall–Kier alpha value is -1.11. The zero-order chi connectivity index (χ0) is 17.6. The number of aromatic nitrogens is 3. The molecule has 0 radical (unpaired) electrons. The van der Waals surface area contributed by atoms with Gasteiger partial charge in [0.15, 0.2) is 5.69 Å². The number of alkyl halides is 3. The van der Waals surface area contributed by atoms with Crippen LogP contribution in [0.4, 0.5) is 13.2 Å². The fourth-order valence-electron chi connectivity index (χ4n) is 3.54. The van der Waals surface area contributed by atoms with Gasteiger partial charge in [0.25, 0.3) is 0 Å². The van der Waals surface area contributed by atoms with Gasteiger partial charge in [-0.1, -0.05) is 63.5 Å². The number of hydrogen-bond donors (Lipinski definition) is 1. The van der Waals surface area contributed by atoms with Crippen molar-refractivity contribution >= 4 is 0 Å². The third-order valence-corrected chi connectivity index (χ3v) is 4.85. The normalized spacial score (nSPS) is 18.0. The van der Waals surface area contributed by atoms with Crippen molar-refractivity contribution in [2.24, 2.45) is 0 Å². The number of rotatable bonds is 8. The van der Waals surface area contributed by atoms with Crippen LogP contribution in [0.3, 0.4) is 0 Å². The summed E-state index contributed by atoms with van der Waals surface area (Å²) in [6, 6.07) is 0. The molecular weight excluding hydrogens is 319 g/mol. The summed E-state index contributed by atoms with van der Waals surface area (Å²) in [6.07, 6.45) is 4.82. The minimum atomic E-state index is -4.58. The van der Waals surface area contributed by atoms with Crippen molar-refractivity contribution in [1.29, 1.82) is 0 Å². The predicted molar refractivity (Wildman–Crippen MR) is 85.4 cm³/mol. The highest BCUT2D eigenvalue weighted by molar-refractivity contribution is 5.22. The predicted octanol–water partition coefficient (Wildman–Crippen LogP) is 4.81. The van der Waals surface area contributed by atoms with Gasteiger partial charge in [0.1, 0.15) is 11.3 Å². The maximum atomic E-state index is 13.3. The van der Waals surface area contributed by atoms with E-state index in [9.17, 15) is 18.3 Å². The Bertz CT molecular complexity index is 508. The molecule has 1 aliphatic rings. The molecule has 7 heteroatoms. The number of halogens is 3. The van der Waals surface area contributed by atoms with Crippen molar-refractivity contribution in [1.82, 2.24) is 15.0 Å². The average Bonchev–Trinajstić information content (AvgIpc) is 2.96. The summed E-state index contributed by atoms with van der Waals surface area (Å²) in [7, 11) is 0. The summed E-state index contributed by atoms with van der Waals surface area (Å²) in [5.41, 5.74) is -2.59. The molecule has 1 aliphatic carbocycles. The third-order valence-electron chi connectivity index (χ3n) is 4.85. The molecule has 0 bridgehead atoms. The van der Waals surface area contributed by atoms with E-state index < -0.39 is 17.5 Å². The molecule has 4 nitrogen and oxygen atoms in total.